The van der Waals surface area contributed by atoms with E-state index in [0.29, 0.717) is 6.54 Å². The molecule has 0 aromatic carbocycles. The maximum atomic E-state index is 11.4. The lowest BCUT2D eigenvalue weighted by molar-refractivity contribution is -0.165. The molecule has 0 aromatic rings. The first-order valence-corrected chi connectivity index (χ1v) is 5.13. The summed E-state index contributed by atoms with van der Waals surface area (Å²) in [6, 6.07) is 0. The Balaban J connectivity index is 4.50. The number of hydrogen-bond acceptors (Lipinski definition) is 5. The van der Waals surface area contributed by atoms with E-state index in [4.69, 9.17) is 15.2 Å². The van der Waals surface area contributed by atoms with Gasteiger partial charge < -0.3 is 20.1 Å². The second-order valence-corrected chi connectivity index (χ2v) is 4.10. The molecule has 0 heterocycles. The van der Waals surface area contributed by atoms with Crippen LogP contribution in [0, 0.1) is 0 Å². The third-order valence-corrected chi connectivity index (χ3v) is 2.46. The molecule has 0 saturated carbocycles. The van der Waals surface area contributed by atoms with Crippen molar-refractivity contribution in [2.45, 2.75) is 18.8 Å². The quantitative estimate of drug-likeness (QED) is 0.526. The van der Waals surface area contributed by atoms with Crippen LogP contribution in [0.2, 0.25) is 0 Å². The molecule has 1 unspecified atom stereocenters. The second-order valence-electron chi connectivity index (χ2n) is 4.10. The Bertz CT molecular complexity index is 219. The highest BCUT2D eigenvalue weighted by Gasteiger charge is 2.40. The summed E-state index contributed by atoms with van der Waals surface area (Å²) in [7, 11) is 6.85. The molecule has 16 heavy (non-hydrogen) atoms. The Morgan fingerprint density at radius 2 is 1.94 bits per heavy atom. The number of likely N-dealkylation sites (N-methyl/N-ethyl adjacent to an activating group) is 1. The molecular weight excluding hydrogens is 210 g/mol. The van der Waals surface area contributed by atoms with Crippen LogP contribution in [0.25, 0.3) is 0 Å². The van der Waals surface area contributed by atoms with E-state index in [1.54, 1.807) is 6.92 Å². The molecule has 0 aromatic heterocycles. The van der Waals surface area contributed by atoms with Crippen molar-refractivity contribution in [3.63, 3.8) is 0 Å². The van der Waals surface area contributed by atoms with Crippen molar-refractivity contribution >= 4 is 5.91 Å². The van der Waals surface area contributed by atoms with Gasteiger partial charge in [0.1, 0.15) is 5.54 Å². The molecule has 0 rings (SSSR count). The van der Waals surface area contributed by atoms with Crippen LogP contribution in [0.3, 0.4) is 0 Å². The van der Waals surface area contributed by atoms with Gasteiger partial charge in [-0.25, -0.2) is 0 Å². The Morgan fingerprint density at radius 3 is 2.25 bits per heavy atom. The molecule has 3 N–H and O–H groups in total. The Hall–Kier alpha value is -0.690. The maximum Gasteiger partial charge on any atom is 0.242 e. The van der Waals surface area contributed by atoms with Crippen molar-refractivity contribution in [2.24, 2.45) is 5.73 Å². The Labute approximate surface area is 97.1 Å². The number of methoxy groups -OCH3 is 2. The van der Waals surface area contributed by atoms with Crippen molar-refractivity contribution in [3.05, 3.63) is 0 Å². The van der Waals surface area contributed by atoms with Gasteiger partial charge >= 0.3 is 0 Å². The number of rotatable bonds is 8. The molecule has 1 amide bonds. The minimum absolute atomic E-state index is 0.500. The lowest BCUT2D eigenvalue weighted by Gasteiger charge is -2.33. The van der Waals surface area contributed by atoms with E-state index >= 15 is 0 Å². The highest BCUT2D eigenvalue weighted by Crippen LogP contribution is 2.13. The lowest BCUT2D eigenvalue weighted by Crippen LogP contribution is -2.62. The van der Waals surface area contributed by atoms with Crippen LogP contribution in [-0.4, -0.2) is 64.0 Å². The van der Waals surface area contributed by atoms with Crippen LogP contribution in [-0.2, 0) is 14.3 Å². The number of ether oxygens (including phenoxy) is 2. The zero-order valence-corrected chi connectivity index (χ0v) is 10.7. The monoisotopic (exact) mass is 233 g/mol. The summed E-state index contributed by atoms with van der Waals surface area (Å²) in [5, 5.41) is 3.06. The maximum absolute atomic E-state index is 11.4. The summed E-state index contributed by atoms with van der Waals surface area (Å²) in [6.07, 6.45) is -0.702. The first-order chi connectivity index (χ1) is 7.38. The second kappa shape index (κ2) is 6.80. The number of hydrogen-bond donors (Lipinski definition) is 2. The zero-order chi connectivity index (χ0) is 12.8. The lowest BCUT2D eigenvalue weighted by atomic mass is 10.0. The molecule has 0 aliphatic heterocycles. The van der Waals surface area contributed by atoms with Crippen LogP contribution in [0.4, 0.5) is 0 Å². The van der Waals surface area contributed by atoms with Gasteiger partial charge in [-0.05, 0) is 21.0 Å². The van der Waals surface area contributed by atoms with E-state index in [0.717, 1.165) is 6.54 Å². The summed E-state index contributed by atoms with van der Waals surface area (Å²) in [6.45, 7) is 3.08. The van der Waals surface area contributed by atoms with Crippen molar-refractivity contribution < 1.29 is 14.3 Å². The van der Waals surface area contributed by atoms with Gasteiger partial charge in [-0.1, -0.05) is 0 Å². The molecule has 0 saturated heterocycles. The van der Waals surface area contributed by atoms with Crippen LogP contribution < -0.4 is 11.1 Å². The van der Waals surface area contributed by atoms with Crippen molar-refractivity contribution in [1.29, 1.82) is 0 Å². The SMILES string of the molecule is COC(OC)C(C)(NCCN(C)C)C(N)=O. The summed E-state index contributed by atoms with van der Waals surface area (Å²) in [5.74, 6) is -0.500. The molecule has 96 valence electrons. The molecular formula is C10H23N3O3. The van der Waals surface area contributed by atoms with Crippen molar-refractivity contribution in [1.82, 2.24) is 10.2 Å². The van der Waals surface area contributed by atoms with E-state index in [-0.39, 0.29) is 0 Å². The van der Waals surface area contributed by atoms with Crippen LogP contribution in [0.5, 0.6) is 0 Å². The van der Waals surface area contributed by atoms with Gasteiger partial charge in [0, 0.05) is 27.3 Å². The van der Waals surface area contributed by atoms with E-state index in [1.165, 1.54) is 14.2 Å². The number of nitrogens with one attached hydrogen (secondary N) is 1. The topological polar surface area (TPSA) is 76.8 Å². The average molecular weight is 233 g/mol. The number of primary amides is 1. The van der Waals surface area contributed by atoms with Crippen LogP contribution >= 0.6 is 0 Å². The predicted molar refractivity (Wildman–Crippen MR) is 62.0 cm³/mol. The van der Waals surface area contributed by atoms with Crippen LogP contribution in [0.15, 0.2) is 0 Å². The number of carbonyl (C=O) groups is 1. The van der Waals surface area contributed by atoms with Gasteiger partial charge in [0.05, 0.1) is 0 Å². The van der Waals surface area contributed by atoms with Gasteiger partial charge in [-0.3, -0.25) is 10.1 Å². The molecule has 1 atom stereocenters. The van der Waals surface area contributed by atoms with Gasteiger partial charge in [0.25, 0.3) is 0 Å². The minimum Gasteiger partial charge on any atom is -0.368 e. The minimum atomic E-state index is -1.03. The number of carbonyl (C=O) groups excluding carboxylic acids is 1. The summed E-state index contributed by atoms with van der Waals surface area (Å²) < 4.78 is 10.2. The van der Waals surface area contributed by atoms with Gasteiger partial charge in [-0.2, -0.15) is 0 Å². The molecule has 6 heteroatoms. The standard InChI is InChI=1S/C10H23N3O3/c1-10(8(11)14,9(15-4)16-5)12-6-7-13(2)3/h9,12H,6-7H2,1-5H3,(H2,11,14). The average Bonchev–Trinajstić information content (AvgIpc) is 2.18. The first-order valence-electron chi connectivity index (χ1n) is 5.13. The summed E-state index contributed by atoms with van der Waals surface area (Å²) in [5.41, 5.74) is 4.34. The summed E-state index contributed by atoms with van der Waals surface area (Å²) in [4.78, 5) is 13.4. The third kappa shape index (κ3) is 4.05. The Kier molecular flexibility index (Phi) is 6.51. The summed E-state index contributed by atoms with van der Waals surface area (Å²) >= 11 is 0. The first kappa shape index (κ1) is 15.3. The molecule has 0 bridgehead atoms. The number of nitrogens with zero attached hydrogens (tertiary/aromatic N) is 1. The third-order valence-electron chi connectivity index (χ3n) is 2.46. The van der Waals surface area contributed by atoms with Crippen molar-refractivity contribution in [2.75, 3.05) is 41.4 Å². The number of amides is 1. The highest BCUT2D eigenvalue weighted by atomic mass is 16.7. The zero-order valence-electron chi connectivity index (χ0n) is 10.7. The molecule has 6 nitrogen and oxygen atoms in total. The molecule has 0 aliphatic rings. The van der Waals surface area contributed by atoms with Gasteiger partial charge in [0.15, 0.2) is 6.29 Å². The molecule has 0 spiro atoms. The van der Waals surface area contributed by atoms with Crippen LogP contribution in [0.1, 0.15) is 6.92 Å². The Morgan fingerprint density at radius 1 is 1.44 bits per heavy atom. The predicted octanol–water partition coefficient (Wildman–Crippen LogP) is -0.999. The van der Waals surface area contributed by atoms with E-state index in [1.807, 2.05) is 19.0 Å². The fourth-order valence-corrected chi connectivity index (χ4v) is 1.39. The normalized spacial score (nSPS) is 15.4. The van der Waals surface area contributed by atoms with Gasteiger partial charge in [-0.15, -0.1) is 0 Å². The van der Waals surface area contributed by atoms with E-state index < -0.39 is 17.7 Å². The van der Waals surface area contributed by atoms with E-state index in [9.17, 15) is 4.79 Å². The fourth-order valence-electron chi connectivity index (χ4n) is 1.39. The molecule has 0 aliphatic carbocycles. The smallest absolute Gasteiger partial charge is 0.242 e. The van der Waals surface area contributed by atoms with Gasteiger partial charge in [0.2, 0.25) is 5.91 Å². The van der Waals surface area contributed by atoms with Crippen molar-refractivity contribution in [3.8, 4) is 0 Å². The highest BCUT2D eigenvalue weighted by molar-refractivity contribution is 5.84. The largest absolute Gasteiger partial charge is 0.368 e. The molecule has 0 radical (unpaired) electrons. The van der Waals surface area contributed by atoms with E-state index in [2.05, 4.69) is 5.32 Å². The fraction of sp³-hybridized carbons (Fsp3) is 0.900. The number of nitrogens with two attached hydrogens (primary N) is 1. The molecule has 0 fully saturated rings.